The van der Waals surface area contributed by atoms with Gasteiger partial charge in [0, 0.05) is 173 Å². The minimum atomic E-state index is -0.942. The van der Waals surface area contributed by atoms with Gasteiger partial charge in [0.2, 0.25) is 17.6 Å². The molecule has 1 unspecified atom stereocenters. The van der Waals surface area contributed by atoms with Crippen molar-refractivity contribution in [2.75, 3.05) is 40.3 Å². The van der Waals surface area contributed by atoms with Gasteiger partial charge < -0.3 is 34.8 Å². The molecule has 2 fully saturated rings. The van der Waals surface area contributed by atoms with Gasteiger partial charge in [0.15, 0.2) is 0 Å². The monoisotopic (exact) mass is 1890 g/mol. The first-order valence-electron chi connectivity index (χ1n) is 46.7. The summed E-state index contributed by atoms with van der Waals surface area (Å²) in [4.78, 5) is 97.2. The third kappa shape index (κ3) is 43.1. The summed E-state index contributed by atoms with van der Waals surface area (Å²) in [6.45, 7) is 97.9. The third-order valence-corrected chi connectivity index (χ3v) is 26.1. The molecule has 23 nitrogen and oxygen atoms in total. The second kappa shape index (κ2) is 49.4. The molecular weight excluding hydrogens is 1710 g/mol. The lowest BCUT2D eigenvalue weighted by Crippen LogP contribution is -2.51. The fourth-order valence-corrected chi connectivity index (χ4v) is 20.3. The van der Waals surface area contributed by atoms with E-state index in [4.69, 9.17) is 20.1 Å². The summed E-state index contributed by atoms with van der Waals surface area (Å²) in [6.07, 6.45) is 8.24. The number of aromatic carboxylic acids is 3. The van der Waals surface area contributed by atoms with Gasteiger partial charge in [-0.05, 0) is 352 Å². The normalized spacial score (nSPS) is 16.0. The zero-order valence-corrected chi connectivity index (χ0v) is 92.3. The Morgan fingerprint density at radius 3 is 1.15 bits per heavy atom. The third-order valence-electron chi connectivity index (χ3n) is 22.3. The number of carbonyl (C=O) groups excluding carboxylic acids is 3. The number of carboxylic acid groups (broad SMARTS) is 3. The van der Waals surface area contributed by atoms with Crippen molar-refractivity contribution in [2.45, 2.75) is 423 Å². The molecule has 4 N–H and O–H groups in total. The van der Waals surface area contributed by atoms with E-state index in [0.29, 0.717) is 52.3 Å². The number of nitrogens with zero attached hydrogens (tertiary/aromatic N) is 12. The molecule has 1 atom stereocenters. The molecular formula is C103H179N13O10S4. The molecule has 0 radical (unpaired) electrons. The van der Waals surface area contributed by atoms with Crippen molar-refractivity contribution in [3.8, 4) is 11.4 Å². The predicted molar refractivity (Wildman–Crippen MR) is 546 cm³/mol. The van der Waals surface area contributed by atoms with Gasteiger partial charge in [-0.15, -0.1) is 55.5 Å². The lowest BCUT2D eigenvalue weighted by Gasteiger charge is -2.45. The molecule has 1 aliphatic carbocycles. The number of thiophene rings is 4. The van der Waals surface area contributed by atoms with Gasteiger partial charge in [0.25, 0.3) is 0 Å². The van der Waals surface area contributed by atoms with Gasteiger partial charge in [-0.25, -0.2) is 19.2 Å². The molecule has 130 heavy (non-hydrogen) atoms. The van der Waals surface area contributed by atoms with E-state index in [1.807, 2.05) is 17.5 Å². The van der Waals surface area contributed by atoms with Crippen molar-refractivity contribution in [3.05, 3.63) is 112 Å². The lowest BCUT2D eigenvalue weighted by molar-refractivity contribution is -0.141. The van der Waals surface area contributed by atoms with Gasteiger partial charge in [-0.3, -0.25) is 39.1 Å². The molecule has 2 aliphatic rings. The van der Waals surface area contributed by atoms with Crippen molar-refractivity contribution in [3.63, 3.8) is 0 Å². The highest BCUT2D eigenvalue weighted by Gasteiger charge is 2.39. The highest BCUT2D eigenvalue weighted by molar-refractivity contribution is 7.14. The molecule has 7 heterocycles. The predicted octanol–water partition coefficient (Wildman–Crippen LogP) is 24.8. The lowest BCUT2D eigenvalue weighted by atomic mass is 9.82. The van der Waals surface area contributed by atoms with Gasteiger partial charge in [0.05, 0.1) is 35.4 Å². The summed E-state index contributed by atoms with van der Waals surface area (Å²) < 4.78 is 4.74. The summed E-state index contributed by atoms with van der Waals surface area (Å²) in [5.74, 6) is -0.199. The van der Waals surface area contributed by atoms with Crippen LogP contribution in [0.2, 0.25) is 0 Å². The van der Waals surface area contributed by atoms with Crippen LogP contribution >= 0.6 is 45.3 Å². The minimum absolute atomic E-state index is 0.0192. The number of H-pyrrole nitrogens is 1. The largest absolute Gasteiger partial charge is 0.478 e. The number of esters is 1. The number of amides is 2. The Morgan fingerprint density at radius 2 is 0.823 bits per heavy atom. The summed E-state index contributed by atoms with van der Waals surface area (Å²) in [5.41, 5.74) is 4.14. The summed E-state index contributed by atoms with van der Waals surface area (Å²) in [5, 5.41) is 46.6. The Morgan fingerprint density at radius 1 is 0.454 bits per heavy atom. The number of carbonyl (C=O) groups is 6. The number of pyridine rings is 1. The number of piperidine rings is 1. The second-order valence-corrected chi connectivity index (χ2v) is 52.4. The van der Waals surface area contributed by atoms with Crippen molar-refractivity contribution in [1.29, 1.82) is 0 Å². The van der Waals surface area contributed by atoms with E-state index in [1.54, 1.807) is 52.3 Å². The van der Waals surface area contributed by atoms with Crippen LogP contribution in [0.4, 0.5) is 0 Å². The van der Waals surface area contributed by atoms with E-state index in [9.17, 15) is 28.8 Å². The van der Waals surface area contributed by atoms with E-state index in [-0.39, 0.29) is 89.6 Å². The molecule has 1 aliphatic heterocycles. The van der Waals surface area contributed by atoms with Crippen LogP contribution in [0.1, 0.15) is 388 Å². The first-order chi connectivity index (χ1) is 58.7. The number of tetrazole rings is 1. The second-order valence-electron chi connectivity index (χ2n) is 48.3. The van der Waals surface area contributed by atoms with E-state index < -0.39 is 17.9 Å². The standard InChI is InChI=1S/C16H31NO.C15H24N2O2.C15H30N2O.C15H25NO2S.C14H23N5S.2C14H23NO2S/c1-12(2)17(11-16(4,5)6)15(18)14-9-7-13(3)8-10-14;1-14(2,3)17(15(4,5)6)10-12-8-7-11(9-16-12)13(18)19;1-12(2)17(11-15(3,4)5)14(18)13-8-7-9-16(6)10-13;1-14(2,3)16(15(4,5)6)9-12-8-11(10-19-12)13(17)18-7;1-13(2,3)19(14(4,5)6)8-11-7-10(9-20-11)12-15-17-18-16-12;1-13(2,3)15(14(4,5)6)8-11-7-10(9-18-11)12(16)17;1-13(2,3)15(14(4,5)6)9-10-7-8-11(18-10)12(16)17/h12-14H,7-11H2,1-6H3;7-9H,10H2,1-6H3,(H,18,19);12-13H,7-11H2,1-6H3;8,10H,9H2,1-7H3;7,9H,8H2,1-6H3,(H,15,16,17,18);7,9H,8H2,1-6H3,(H,16,17);7-8H,9H2,1-6H3,(H,16,17). The topological polar surface area (TPSA) is 266 Å². The van der Waals surface area contributed by atoms with Crippen LogP contribution in [0, 0.1) is 28.6 Å². The highest BCUT2D eigenvalue weighted by atomic mass is 32.1. The first kappa shape index (κ1) is 120. The number of aromatic amines is 1. The smallest absolute Gasteiger partial charge is 0.345 e. The number of rotatable bonds is 21. The summed E-state index contributed by atoms with van der Waals surface area (Å²) in [7, 11) is 3.53. The minimum Gasteiger partial charge on any atom is -0.478 e. The quantitative estimate of drug-likeness (QED) is 0.0488. The molecule has 1 saturated heterocycles. The van der Waals surface area contributed by atoms with Crippen LogP contribution in [0.5, 0.6) is 0 Å². The number of carboxylic acids is 3. The summed E-state index contributed by atoms with van der Waals surface area (Å²) >= 11 is 6.23. The maximum absolute atomic E-state index is 12.7. The SMILES string of the molecule is CC(C)(C)N(Cc1cc(-c2nn[nH]n2)cs1)C(C)(C)C.CC(C)(C)N(Cc1cc(C(=O)O)cs1)C(C)(C)C.CC(C)(C)N(Cc1ccc(C(=O)O)cn1)C(C)(C)C.CC(C)(C)N(Cc1ccc(C(=O)O)s1)C(C)(C)C.CC(C)N(CC(C)(C)C)C(=O)C1CCCN(C)C1.CC1CCC(C(=O)N(CC(C)(C)C)C(C)C)CC1.COC(=O)c1csc(CN(C(C)(C)C)C(C)(C)C)c1. The van der Waals surface area contributed by atoms with E-state index >= 15 is 0 Å². The van der Waals surface area contributed by atoms with Crippen LogP contribution < -0.4 is 0 Å². The fraction of sp³-hybridized carbons (Fsp3) is 0.728. The average molecular weight is 1890 g/mol. The molecule has 740 valence electrons. The van der Waals surface area contributed by atoms with Gasteiger partial charge >= 0.3 is 23.9 Å². The fourth-order valence-electron chi connectivity index (χ4n) is 16.9. The Bertz CT molecular complexity index is 4220. The average Bonchev–Trinajstić information content (AvgIpc) is 1.51. The van der Waals surface area contributed by atoms with Gasteiger partial charge in [-0.2, -0.15) is 5.21 Å². The highest BCUT2D eigenvalue weighted by Crippen LogP contribution is 2.37. The molecule has 2 amide bonds. The number of ether oxygens (including phenoxy) is 1. The van der Waals surface area contributed by atoms with Crippen LogP contribution in [-0.4, -0.2) is 224 Å². The van der Waals surface area contributed by atoms with Gasteiger partial charge in [0.1, 0.15) is 4.88 Å². The van der Waals surface area contributed by atoms with Gasteiger partial charge in [-0.1, -0.05) is 48.5 Å². The first-order valence-corrected chi connectivity index (χ1v) is 50.1. The number of methoxy groups -OCH3 is 1. The Labute approximate surface area is 803 Å². The number of hydrogen-bond donors (Lipinski definition) is 4. The Kier molecular flexibility index (Phi) is 45.5. The van der Waals surface area contributed by atoms with Crippen molar-refractivity contribution in [2.24, 2.45) is 28.6 Å². The Balaban J connectivity index is 0.000000514. The van der Waals surface area contributed by atoms with Crippen molar-refractivity contribution in [1.82, 2.24) is 64.8 Å². The zero-order chi connectivity index (χ0) is 101. The number of likely N-dealkylation sites (tertiary alicyclic amines) is 1. The maximum Gasteiger partial charge on any atom is 0.345 e. The van der Waals surface area contributed by atoms with Crippen LogP contribution in [0.15, 0.2) is 64.8 Å². The van der Waals surface area contributed by atoms with Crippen molar-refractivity contribution < 1.29 is 48.8 Å². The number of aromatic nitrogens is 5. The van der Waals surface area contributed by atoms with Crippen LogP contribution in [0.25, 0.3) is 11.4 Å². The van der Waals surface area contributed by atoms with Crippen LogP contribution in [0.3, 0.4) is 0 Å². The molecule has 0 aromatic carbocycles. The van der Waals surface area contributed by atoms with E-state index in [2.05, 4.69) is 367 Å². The number of nitrogens with one attached hydrogen (secondary N) is 1. The molecule has 0 bridgehead atoms. The molecule has 6 aromatic heterocycles. The Hall–Kier alpha value is -6.40. The van der Waals surface area contributed by atoms with E-state index in [1.165, 1.54) is 58.6 Å². The van der Waals surface area contributed by atoms with Crippen molar-refractivity contribution >= 4 is 81.0 Å². The molecule has 0 spiro atoms. The zero-order valence-electron chi connectivity index (χ0n) is 89.0. The maximum atomic E-state index is 12.7. The van der Waals surface area contributed by atoms with E-state index in [0.717, 1.165) is 105 Å². The molecule has 27 heteroatoms. The number of hydrogen-bond acceptors (Lipinski definition) is 21. The molecule has 8 rings (SSSR count). The molecule has 6 aromatic rings. The summed E-state index contributed by atoms with van der Waals surface area (Å²) in [6, 6.07) is 13.5. The molecule has 1 saturated carbocycles. The van der Waals surface area contributed by atoms with Crippen LogP contribution in [-0.2, 0) is 47.0 Å².